The summed E-state index contributed by atoms with van der Waals surface area (Å²) in [7, 11) is 0. The summed E-state index contributed by atoms with van der Waals surface area (Å²) >= 11 is 6.21. The summed E-state index contributed by atoms with van der Waals surface area (Å²) in [6.07, 6.45) is 6.61. The zero-order valence-electron chi connectivity index (χ0n) is 24.4. The van der Waals surface area contributed by atoms with Crippen LogP contribution in [-0.4, -0.2) is 28.2 Å². The summed E-state index contributed by atoms with van der Waals surface area (Å²) < 4.78 is 21.0. The Hall–Kier alpha value is -3.12. The fraction of sp³-hybridized carbons (Fsp3) is 0.486. The first-order chi connectivity index (χ1) is 20.2. The van der Waals surface area contributed by atoms with Gasteiger partial charge in [-0.3, -0.25) is 4.98 Å². The molecule has 0 unspecified atom stereocenters. The third-order valence-corrected chi connectivity index (χ3v) is 10.5. The SMILES string of the molecule is C[C@@H](COc1ccnc2c1[C@@H](C)CC[C@@H]2F)C[C@H]1Cc2ccccc2C12CCC(Nc1cccc(Cl)c1)(C(=O)O)CC2. The summed E-state index contributed by atoms with van der Waals surface area (Å²) in [6.45, 7) is 4.92. The number of aliphatic carboxylic acids is 1. The average Bonchev–Trinajstić information content (AvgIpc) is 3.27. The van der Waals surface area contributed by atoms with E-state index >= 15 is 0 Å². The highest BCUT2D eigenvalue weighted by Crippen LogP contribution is 2.56. The maximum Gasteiger partial charge on any atom is 0.329 e. The van der Waals surface area contributed by atoms with E-state index in [4.69, 9.17) is 16.3 Å². The van der Waals surface area contributed by atoms with Crippen molar-refractivity contribution in [1.29, 1.82) is 0 Å². The Bertz CT molecular complexity index is 1450. The molecule has 0 amide bonds. The van der Waals surface area contributed by atoms with Crippen LogP contribution in [0.4, 0.5) is 10.1 Å². The fourth-order valence-corrected chi connectivity index (χ4v) is 8.20. The van der Waals surface area contributed by atoms with E-state index in [-0.39, 0.29) is 17.3 Å². The highest BCUT2D eigenvalue weighted by Gasteiger charge is 2.54. The van der Waals surface area contributed by atoms with Gasteiger partial charge in [0.15, 0.2) is 0 Å². The van der Waals surface area contributed by atoms with Gasteiger partial charge in [-0.15, -0.1) is 0 Å². The van der Waals surface area contributed by atoms with Crippen molar-refractivity contribution in [3.8, 4) is 5.75 Å². The van der Waals surface area contributed by atoms with E-state index in [0.717, 1.165) is 49.1 Å². The number of halogens is 2. The van der Waals surface area contributed by atoms with Crippen molar-refractivity contribution >= 4 is 23.3 Å². The number of pyridine rings is 1. The third kappa shape index (κ3) is 5.27. The van der Waals surface area contributed by atoms with Crippen molar-refractivity contribution in [3.63, 3.8) is 0 Å². The molecule has 42 heavy (non-hydrogen) atoms. The molecule has 1 aromatic heterocycles. The van der Waals surface area contributed by atoms with Gasteiger partial charge in [-0.25, -0.2) is 9.18 Å². The van der Waals surface area contributed by atoms with Gasteiger partial charge < -0.3 is 15.2 Å². The Morgan fingerprint density at radius 1 is 1.14 bits per heavy atom. The first-order valence-corrected chi connectivity index (χ1v) is 15.7. The number of alkyl halides is 1. The number of anilines is 1. The van der Waals surface area contributed by atoms with Crippen LogP contribution in [-0.2, 0) is 16.6 Å². The second-order valence-corrected chi connectivity index (χ2v) is 13.4. The molecule has 6 rings (SSSR count). The van der Waals surface area contributed by atoms with E-state index < -0.39 is 17.7 Å². The Morgan fingerprint density at radius 2 is 1.93 bits per heavy atom. The highest BCUT2D eigenvalue weighted by atomic mass is 35.5. The van der Waals surface area contributed by atoms with Crippen LogP contribution in [0.5, 0.6) is 5.75 Å². The molecule has 3 aromatic rings. The van der Waals surface area contributed by atoms with Crippen molar-refractivity contribution < 1.29 is 19.0 Å². The van der Waals surface area contributed by atoms with Crippen molar-refractivity contribution in [2.24, 2.45) is 11.8 Å². The average molecular weight is 591 g/mol. The summed E-state index contributed by atoms with van der Waals surface area (Å²) in [5.74, 6) is 0.859. The Balaban J connectivity index is 1.19. The molecule has 3 aliphatic carbocycles. The molecule has 0 saturated heterocycles. The lowest BCUT2D eigenvalue weighted by atomic mass is 9.59. The van der Waals surface area contributed by atoms with Crippen LogP contribution in [0.3, 0.4) is 0 Å². The molecule has 2 aromatic carbocycles. The van der Waals surface area contributed by atoms with E-state index in [1.807, 2.05) is 18.2 Å². The number of carboxylic acid groups (broad SMARTS) is 1. The predicted molar refractivity (Wildman–Crippen MR) is 164 cm³/mol. The fourth-order valence-electron chi connectivity index (χ4n) is 8.01. The number of rotatable bonds is 8. The molecular weight excluding hydrogens is 551 g/mol. The zero-order chi connectivity index (χ0) is 29.5. The molecule has 1 fully saturated rings. The second kappa shape index (κ2) is 11.5. The van der Waals surface area contributed by atoms with Gasteiger partial charge in [-0.05, 0) is 110 Å². The topological polar surface area (TPSA) is 71.5 Å². The smallest absolute Gasteiger partial charge is 0.329 e. The number of benzene rings is 2. The molecule has 0 radical (unpaired) electrons. The summed E-state index contributed by atoms with van der Waals surface area (Å²) in [4.78, 5) is 17.0. The van der Waals surface area contributed by atoms with Gasteiger partial charge in [0.2, 0.25) is 0 Å². The summed E-state index contributed by atoms with van der Waals surface area (Å²) in [6, 6.07) is 17.9. The normalized spacial score (nSPS) is 29.0. The second-order valence-electron chi connectivity index (χ2n) is 12.9. The van der Waals surface area contributed by atoms with Crippen molar-refractivity contribution in [1.82, 2.24) is 4.98 Å². The number of carboxylic acids is 1. The van der Waals surface area contributed by atoms with Crippen LogP contribution in [0.2, 0.25) is 5.02 Å². The minimum Gasteiger partial charge on any atom is -0.493 e. The maximum absolute atomic E-state index is 14.6. The molecule has 1 heterocycles. The summed E-state index contributed by atoms with van der Waals surface area (Å²) in [5, 5.41) is 14.4. The molecule has 0 aliphatic heterocycles. The van der Waals surface area contributed by atoms with Gasteiger partial charge >= 0.3 is 5.97 Å². The molecule has 1 saturated carbocycles. The van der Waals surface area contributed by atoms with E-state index in [1.165, 1.54) is 11.1 Å². The first kappa shape index (κ1) is 29.0. The molecule has 4 atom stereocenters. The number of carbonyl (C=O) groups is 1. The molecule has 0 bridgehead atoms. The van der Waals surface area contributed by atoms with Crippen molar-refractivity contribution in [2.75, 3.05) is 11.9 Å². The number of nitrogens with zero attached hydrogens (tertiary/aromatic N) is 1. The minimum absolute atomic E-state index is 0.0639. The quantitative estimate of drug-likeness (QED) is 0.275. The number of hydrogen-bond donors (Lipinski definition) is 2. The van der Waals surface area contributed by atoms with Gasteiger partial charge in [-0.1, -0.05) is 55.8 Å². The Labute approximate surface area is 252 Å². The monoisotopic (exact) mass is 590 g/mol. The number of aromatic nitrogens is 1. The number of ether oxygens (including phenoxy) is 1. The Morgan fingerprint density at radius 3 is 2.69 bits per heavy atom. The third-order valence-electron chi connectivity index (χ3n) is 10.2. The van der Waals surface area contributed by atoms with Crippen LogP contribution in [0.1, 0.15) is 93.3 Å². The van der Waals surface area contributed by atoms with Crippen molar-refractivity contribution in [3.05, 3.63) is 88.2 Å². The zero-order valence-corrected chi connectivity index (χ0v) is 25.2. The Kier molecular flexibility index (Phi) is 7.95. The van der Waals surface area contributed by atoms with Gasteiger partial charge in [0, 0.05) is 22.5 Å². The van der Waals surface area contributed by atoms with Gasteiger partial charge in [0.1, 0.15) is 17.5 Å². The molecule has 7 heteroatoms. The molecule has 2 N–H and O–H groups in total. The number of fused-ring (bicyclic) bond motifs is 3. The lowest BCUT2D eigenvalue weighted by molar-refractivity contribution is -0.144. The standard InChI is InChI=1S/C35H40ClFN2O3/c1-22(21-42-30-12-17-38-32-29(37)11-10-23(2)31(30)32)18-25-19-24-6-3-4-9-28(24)34(25)13-15-35(16-14-34,33(40)41)39-27-8-5-7-26(36)20-27/h3-9,12,17,20,22-23,25,29,39H,10-11,13-16,18-19,21H2,1-2H3,(H,40,41)/t22-,23+,25+,29+,34?,35?/m1/s1. The number of nitrogens with one attached hydrogen (secondary N) is 1. The van der Waals surface area contributed by atoms with Crippen LogP contribution >= 0.6 is 11.6 Å². The van der Waals surface area contributed by atoms with Gasteiger partial charge in [0.05, 0.1) is 12.3 Å². The van der Waals surface area contributed by atoms with Crippen molar-refractivity contribution in [2.45, 2.75) is 88.3 Å². The predicted octanol–water partition coefficient (Wildman–Crippen LogP) is 8.67. The van der Waals surface area contributed by atoms with E-state index in [0.29, 0.717) is 42.5 Å². The lowest BCUT2D eigenvalue weighted by Gasteiger charge is -2.47. The van der Waals surface area contributed by atoms with Crippen LogP contribution < -0.4 is 10.1 Å². The van der Waals surface area contributed by atoms with Crippen LogP contribution in [0.25, 0.3) is 0 Å². The highest BCUT2D eigenvalue weighted by molar-refractivity contribution is 6.30. The molecule has 222 valence electrons. The lowest BCUT2D eigenvalue weighted by Crippen LogP contribution is -2.53. The first-order valence-electron chi connectivity index (χ1n) is 15.3. The largest absolute Gasteiger partial charge is 0.493 e. The van der Waals surface area contributed by atoms with E-state index in [1.54, 1.807) is 18.3 Å². The molecule has 1 spiro atoms. The number of hydrogen-bond acceptors (Lipinski definition) is 4. The van der Waals surface area contributed by atoms with Crippen LogP contribution in [0, 0.1) is 11.8 Å². The van der Waals surface area contributed by atoms with E-state index in [9.17, 15) is 14.3 Å². The van der Waals surface area contributed by atoms with Gasteiger partial charge in [0.25, 0.3) is 0 Å². The molecule has 5 nitrogen and oxygen atoms in total. The summed E-state index contributed by atoms with van der Waals surface area (Å²) in [5.41, 5.74) is 3.88. The van der Waals surface area contributed by atoms with Gasteiger partial charge in [-0.2, -0.15) is 0 Å². The van der Waals surface area contributed by atoms with E-state index in [2.05, 4.69) is 48.4 Å². The minimum atomic E-state index is -1.03. The molecule has 3 aliphatic rings. The maximum atomic E-state index is 14.6. The molecular formula is C35H40ClFN2O3. The van der Waals surface area contributed by atoms with Crippen LogP contribution in [0.15, 0.2) is 60.8 Å².